The van der Waals surface area contributed by atoms with E-state index in [9.17, 15) is 5.11 Å². The lowest BCUT2D eigenvalue weighted by molar-refractivity contribution is 0.459. The van der Waals surface area contributed by atoms with E-state index >= 15 is 0 Å². The highest BCUT2D eigenvalue weighted by Gasteiger charge is 2.08. The van der Waals surface area contributed by atoms with E-state index in [0.29, 0.717) is 5.75 Å². The van der Waals surface area contributed by atoms with Crippen LogP contribution in [0.3, 0.4) is 0 Å². The van der Waals surface area contributed by atoms with Crippen LogP contribution in [0, 0.1) is 0 Å². The highest BCUT2D eigenvalue weighted by Crippen LogP contribution is 2.27. The second-order valence-corrected chi connectivity index (χ2v) is 4.47. The molecule has 0 aliphatic rings. The van der Waals surface area contributed by atoms with Crippen molar-refractivity contribution in [1.82, 2.24) is 0 Å². The van der Waals surface area contributed by atoms with Crippen molar-refractivity contribution >= 4 is 0 Å². The first kappa shape index (κ1) is 13.1. The van der Waals surface area contributed by atoms with Gasteiger partial charge in [-0.05, 0) is 42.4 Å². The first-order valence-electron chi connectivity index (χ1n) is 6.56. The molecule has 1 heteroatoms. The Morgan fingerprint density at radius 3 is 2.06 bits per heavy atom. The zero-order chi connectivity index (χ0) is 12.0. The van der Waals surface area contributed by atoms with Gasteiger partial charge in [-0.3, -0.25) is 0 Å². The highest BCUT2D eigenvalue weighted by molar-refractivity contribution is 5.44. The monoisotopic (exact) mass is 220 g/mol. The molecule has 0 aliphatic carbocycles. The molecule has 0 spiro atoms. The van der Waals surface area contributed by atoms with E-state index in [1.807, 2.05) is 0 Å². The third-order valence-corrected chi connectivity index (χ3v) is 3.05. The number of phenols is 1. The highest BCUT2D eigenvalue weighted by atomic mass is 16.3. The van der Waals surface area contributed by atoms with Crippen molar-refractivity contribution in [3.63, 3.8) is 0 Å². The summed E-state index contributed by atoms with van der Waals surface area (Å²) in [5.41, 5.74) is 3.63. The number of unbranched alkanes of at least 4 members (excludes halogenated alkanes) is 1. The number of phenolic OH excluding ortho intramolecular Hbond substituents is 1. The van der Waals surface area contributed by atoms with Gasteiger partial charge in [0.25, 0.3) is 0 Å². The van der Waals surface area contributed by atoms with Gasteiger partial charge in [-0.15, -0.1) is 0 Å². The van der Waals surface area contributed by atoms with Crippen molar-refractivity contribution in [2.45, 2.75) is 59.3 Å². The molecular weight excluding hydrogens is 196 g/mol. The SMILES string of the molecule is CCCCc1cc(CC)cc(CCC)c1O. The fraction of sp³-hybridized carbons (Fsp3) is 0.600. The fourth-order valence-electron chi connectivity index (χ4n) is 2.05. The van der Waals surface area contributed by atoms with Gasteiger partial charge in [-0.25, -0.2) is 0 Å². The maximum Gasteiger partial charge on any atom is 0.121 e. The second kappa shape index (κ2) is 6.57. The van der Waals surface area contributed by atoms with Crippen molar-refractivity contribution in [1.29, 1.82) is 0 Å². The minimum atomic E-state index is 0.549. The number of hydrogen-bond acceptors (Lipinski definition) is 1. The molecule has 1 N–H and O–H groups in total. The van der Waals surface area contributed by atoms with Crippen LogP contribution in [0.5, 0.6) is 5.75 Å². The maximum atomic E-state index is 10.2. The smallest absolute Gasteiger partial charge is 0.121 e. The largest absolute Gasteiger partial charge is 0.507 e. The van der Waals surface area contributed by atoms with Crippen molar-refractivity contribution in [3.05, 3.63) is 28.8 Å². The van der Waals surface area contributed by atoms with Crippen molar-refractivity contribution in [3.8, 4) is 5.75 Å². The molecule has 1 aromatic carbocycles. The van der Waals surface area contributed by atoms with Crippen LogP contribution >= 0.6 is 0 Å². The fourth-order valence-corrected chi connectivity index (χ4v) is 2.05. The van der Waals surface area contributed by atoms with E-state index in [4.69, 9.17) is 0 Å². The molecular formula is C15H24O. The van der Waals surface area contributed by atoms with Gasteiger partial charge in [0, 0.05) is 0 Å². The van der Waals surface area contributed by atoms with Crippen LogP contribution in [-0.2, 0) is 19.3 Å². The first-order chi connectivity index (χ1) is 7.72. The molecule has 0 atom stereocenters. The predicted molar refractivity (Wildman–Crippen MR) is 70.1 cm³/mol. The molecule has 16 heavy (non-hydrogen) atoms. The number of aryl methyl sites for hydroxylation is 3. The molecule has 0 heterocycles. The van der Waals surface area contributed by atoms with Gasteiger partial charge in [0.2, 0.25) is 0 Å². The summed E-state index contributed by atoms with van der Waals surface area (Å²) in [6.45, 7) is 6.52. The van der Waals surface area contributed by atoms with E-state index < -0.39 is 0 Å². The van der Waals surface area contributed by atoms with E-state index in [1.165, 1.54) is 12.0 Å². The Kier molecular flexibility index (Phi) is 5.37. The predicted octanol–water partition coefficient (Wildman–Crippen LogP) is 4.25. The molecule has 0 aliphatic heterocycles. The average molecular weight is 220 g/mol. The molecule has 0 fully saturated rings. The van der Waals surface area contributed by atoms with Gasteiger partial charge in [-0.1, -0.05) is 45.7 Å². The van der Waals surface area contributed by atoms with Crippen molar-refractivity contribution in [2.24, 2.45) is 0 Å². The van der Waals surface area contributed by atoms with Gasteiger partial charge < -0.3 is 5.11 Å². The Bertz CT molecular complexity index is 328. The van der Waals surface area contributed by atoms with Crippen LogP contribution in [0.25, 0.3) is 0 Å². The van der Waals surface area contributed by atoms with Gasteiger partial charge >= 0.3 is 0 Å². The van der Waals surface area contributed by atoms with Crippen LogP contribution in [-0.4, -0.2) is 5.11 Å². The lowest BCUT2D eigenvalue weighted by atomic mass is 9.97. The van der Waals surface area contributed by atoms with E-state index in [2.05, 4.69) is 32.9 Å². The molecule has 1 rings (SSSR count). The Morgan fingerprint density at radius 2 is 1.56 bits per heavy atom. The molecule has 0 saturated carbocycles. The molecule has 1 nitrogen and oxygen atoms in total. The van der Waals surface area contributed by atoms with Crippen LogP contribution in [0.4, 0.5) is 0 Å². The normalized spacial score (nSPS) is 10.7. The summed E-state index contributed by atoms with van der Waals surface area (Å²) in [6, 6.07) is 4.33. The van der Waals surface area contributed by atoms with Gasteiger partial charge in [0.05, 0.1) is 0 Å². The first-order valence-corrected chi connectivity index (χ1v) is 6.56. The van der Waals surface area contributed by atoms with Crippen LogP contribution in [0.15, 0.2) is 12.1 Å². The molecule has 1 aromatic rings. The lowest BCUT2D eigenvalue weighted by Gasteiger charge is -2.12. The van der Waals surface area contributed by atoms with E-state index in [-0.39, 0.29) is 0 Å². The van der Waals surface area contributed by atoms with Crippen molar-refractivity contribution in [2.75, 3.05) is 0 Å². The van der Waals surface area contributed by atoms with Crippen LogP contribution in [0.2, 0.25) is 0 Å². The van der Waals surface area contributed by atoms with Gasteiger partial charge in [0.15, 0.2) is 0 Å². The summed E-state index contributed by atoms with van der Waals surface area (Å²) in [7, 11) is 0. The zero-order valence-corrected chi connectivity index (χ0v) is 10.8. The molecule has 0 aromatic heterocycles. The molecule has 0 amide bonds. The number of benzene rings is 1. The summed E-state index contributed by atoms with van der Waals surface area (Å²) in [4.78, 5) is 0. The number of hydrogen-bond donors (Lipinski definition) is 1. The molecule has 0 bridgehead atoms. The zero-order valence-electron chi connectivity index (χ0n) is 10.8. The topological polar surface area (TPSA) is 20.2 Å². The van der Waals surface area contributed by atoms with E-state index in [0.717, 1.165) is 43.2 Å². The third-order valence-electron chi connectivity index (χ3n) is 3.05. The molecule has 0 radical (unpaired) electrons. The number of rotatable bonds is 6. The van der Waals surface area contributed by atoms with Gasteiger partial charge in [-0.2, -0.15) is 0 Å². The Hall–Kier alpha value is -0.980. The number of aromatic hydroxyl groups is 1. The Labute approximate surface area is 99.5 Å². The van der Waals surface area contributed by atoms with Gasteiger partial charge in [0.1, 0.15) is 5.75 Å². The maximum absolute atomic E-state index is 10.2. The summed E-state index contributed by atoms with van der Waals surface area (Å²) in [5.74, 6) is 0.549. The summed E-state index contributed by atoms with van der Waals surface area (Å²) < 4.78 is 0. The Balaban J connectivity index is 2.99. The molecule has 90 valence electrons. The van der Waals surface area contributed by atoms with E-state index in [1.54, 1.807) is 0 Å². The molecule has 0 unspecified atom stereocenters. The summed E-state index contributed by atoms with van der Waals surface area (Å²) >= 11 is 0. The minimum absolute atomic E-state index is 0.549. The van der Waals surface area contributed by atoms with Crippen LogP contribution < -0.4 is 0 Å². The Morgan fingerprint density at radius 1 is 0.938 bits per heavy atom. The minimum Gasteiger partial charge on any atom is -0.507 e. The summed E-state index contributed by atoms with van der Waals surface area (Å²) in [6.07, 6.45) is 6.47. The quantitative estimate of drug-likeness (QED) is 0.760. The standard InChI is InChI=1S/C15H24O/c1-4-7-9-14-11-12(6-3)10-13(8-5-2)15(14)16/h10-11,16H,4-9H2,1-3H3. The van der Waals surface area contributed by atoms with Crippen molar-refractivity contribution < 1.29 is 5.11 Å². The molecule has 0 saturated heterocycles. The average Bonchev–Trinajstić information content (AvgIpc) is 2.30. The summed E-state index contributed by atoms with van der Waals surface area (Å²) in [5, 5.41) is 10.2. The second-order valence-electron chi connectivity index (χ2n) is 4.47. The lowest BCUT2D eigenvalue weighted by Crippen LogP contribution is -1.95. The van der Waals surface area contributed by atoms with Crippen LogP contribution in [0.1, 0.15) is 56.7 Å². The third kappa shape index (κ3) is 3.26.